The first kappa shape index (κ1) is 18.3. The molecular weight excluding hydrogens is 310 g/mol. The molecule has 1 aliphatic rings. The summed E-state index contributed by atoms with van der Waals surface area (Å²) in [7, 11) is 0. The van der Waals surface area contributed by atoms with E-state index < -0.39 is 29.8 Å². The van der Waals surface area contributed by atoms with E-state index in [0.717, 1.165) is 5.56 Å². The Morgan fingerprint density at radius 1 is 1.21 bits per heavy atom. The molecule has 1 aliphatic carbocycles. The third-order valence-electron chi connectivity index (χ3n) is 3.79. The van der Waals surface area contributed by atoms with Crippen molar-refractivity contribution in [1.29, 1.82) is 0 Å². The summed E-state index contributed by atoms with van der Waals surface area (Å²) >= 11 is 0. The van der Waals surface area contributed by atoms with E-state index in [0.29, 0.717) is 6.42 Å². The SMILES string of the molecule is CC(C)(C)OC(=O)[C@@H]1C[C@@H](O)[C@H](NC(=O)OCc2ccccc2)C1. The zero-order valence-electron chi connectivity index (χ0n) is 14.3. The summed E-state index contributed by atoms with van der Waals surface area (Å²) in [5.74, 6) is -0.762. The van der Waals surface area contributed by atoms with E-state index in [2.05, 4.69) is 5.32 Å². The summed E-state index contributed by atoms with van der Waals surface area (Å²) < 4.78 is 10.5. The fourth-order valence-electron chi connectivity index (χ4n) is 2.66. The van der Waals surface area contributed by atoms with Crippen LogP contribution in [0.4, 0.5) is 4.79 Å². The van der Waals surface area contributed by atoms with Gasteiger partial charge in [-0.2, -0.15) is 0 Å². The number of rotatable bonds is 4. The van der Waals surface area contributed by atoms with Crippen LogP contribution in [0.3, 0.4) is 0 Å². The van der Waals surface area contributed by atoms with Crippen molar-refractivity contribution in [3.8, 4) is 0 Å². The largest absolute Gasteiger partial charge is 0.460 e. The van der Waals surface area contributed by atoms with Gasteiger partial charge in [-0.1, -0.05) is 30.3 Å². The first-order chi connectivity index (χ1) is 11.2. The number of hydrogen-bond donors (Lipinski definition) is 2. The molecular formula is C18H25NO5. The van der Waals surface area contributed by atoms with Gasteiger partial charge in [-0.15, -0.1) is 0 Å². The molecule has 2 N–H and O–H groups in total. The maximum Gasteiger partial charge on any atom is 0.407 e. The third-order valence-corrected chi connectivity index (χ3v) is 3.79. The molecule has 132 valence electrons. The second-order valence-corrected chi connectivity index (χ2v) is 7.08. The van der Waals surface area contributed by atoms with Crippen LogP contribution in [0.2, 0.25) is 0 Å². The molecule has 0 bridgehead atoms. The molecule has 0 aliphatic heterocycles. The van der Waals surface area contributed by atoms with Gasteiger partial charge in [0.25, 0.3) is 0 Å². The number of aliphatic hydroxyl groups is 1. The van der Waals surface area contributed by atoms with Crippen LogP contribution in [0.15, 0.2) is 30.3 Å². The van der Waals surface area contributed by atoms with Crippen LogP contribution in [0.1, 0.15) is 39.2 Å². The topological polar surface area (TPSA) is 84.9 Å². The highest BCUT2D eigenvalue weighted by atomic mass is 16.6. The lowest BCUT2D eigenvalue weighted by atomic mass is 10.1. The molecule has 0 spiro atoms. The highest BCUT2D eigenvalue weighted by molar-refractivity contribution is 5.74. The number of aliphatic hydroxyl groups excluding tert-OH is 1. The van der Waals surface area contributed by atoms with Gasteiger partial charge in [0, 0.05) is 0 Å². The summed E-state index contributed by atoms with van der Waals surface area (Å²) in [4.78, 5) is 23.9. The minimum atomic E-state index is -0.785. The molecule has 6 nitrogen and oxygen atoms in total. The lowest BCUT2D eigenvalue weighted by Gasteiger charge is -2.22. The van der Waals surface area contributed by atoms with Crippen LogP contribution in [0, 0.1) is 5.92 Å². The molecule has 1 aromatic carbocycles. The van der Waals surface area contributed by atoms with Crippen molar-refractivity contribution in [2.75, 3.05) is 0 Å². The Kier molecular flexibility index (Phi) is 5.83. The predicted octanol–water partition coefficient (Wildman–Crippen LogP) is 2.39. The molecule has 0 radical (unpaired) electrons. The van der Waals surface area contributed by atoms with Crippen LogP contribution >= 0.6 is 0 Å². The van der Waals surface area contributed by atoms with Crippen molar-refractivity contribution < 1.29 is 24.2 Å². The first-order valence-corrected chi connectivity index (χ1v) is 8.13. The third kappa shape index (κ3) is 5.53. The summed E-state index contributed by atoms with van der Waals surface area (Å²) in [6.07, 6.45) is -0.769. The fraction of sp³-hybridized carbons (Fsp3) is 0.556. The van der Waals surface area contributed by atoms with Gasteiger partial charge < -0.3 is 19.9 Å². The van der Waals surface area contributed by atoms with Crippen molar-refractivity contribution in [2.45, 2.75) is 58.0 Å². The monoisotopic (exact) mass is 335 g/mol. The van der Waals surface area contributed by atoms with Gasteiger partial charge >= 0.3 is 12.1 Å². The van der Waals surface area contributed by atoms with Crippen LogP contribution < -0.4 is 5.32 Å². The lowest BCUT2D eigenvalue weighted by molar-refractivity contribution is -0.160. The number of ether oxygens (including phenoxy) is 2. The number of nitrogens with one attached hydrogen (secondary N) is 1. The molecule has 0 heterocycles. The Balaban J connectivity index is 1.80. The van der Waals surface area contributed by atoms with Crippen LogP contribution in [-0.4, -0.2) is 34.9 Å². The molecule has 1 saturated carbocycles. The second kappa shape index (κ2) is 7.66. The zero-order chi connectivity index (χ0) is 17.7. The van der Waals surface area contributed by atoms with Crippen molar-refractivity contribution in [1.82, 2.24) is 5.32 Å². The van der Waals surface area contributed by atoms with Crippen LogP contribution in [0.25, 0.3) is 0 Å². The smallest absolute Gasteiger partial charge is 0.407 e. The van der Waals surface area contributed by atoms with Gasteiger partial charge in [0.1, 0.15) is 12.2 Å². The maximum atomic E-state index is 12.1. The van der Waals surface area contributed by atoms with E-state index >= 15 is 0 Å². The zero-order valence-corrected chi connectivity index (χ0v) is 14.3. The van der Waals surface area contributed by atoms with Crippen molar-refractivity contribution in [3.63, 3.8) is 0 Å². The van der Waals surface area contributed by atoms with Gasteiger partial charge in [-0.3, -0.25) is 4.79 Å². The summed E-state index contributed by atoms with van der Waals surface area (Å²) in [5.41, 5.74) is 0.313. The van der Waals surface area contributed by atoms with Crippen LogP contribution in [-0.2, 0) is 20.9 Å². The fourth-order valence-corrected chi connectivity index (χ4v) is 2.66. The minimum absolute atomic E-state index is 0.158. The molecule has 0 aromatic heterocycles. The molecule has 2 rings (SSSR count). The first-order valence-electron chi connectivity index (χ1n) is 8.13. The Hall–Kier alpha value is -2.08. The standard InChI is InChI=1S/C18H25NO5/c1-18(2,3)24-16(21)13-9-14(15(20)10-13)19-17(22)23-11-12-7-5-4-6-8-12/h4-8,13-15,20H,9-11H2,1-3H3,(H,19,22)/t13-,14+,15+/m0/s1. The van der Waals surface area contributed by atoms with Gasteiger partial charge in [-0.25, -0.2) is 4.79 Å². The van der Waals surface area contributed by atoms with E-state index in [1.165, 1.54) is 0 Å². The number of benzene rings is 1. The molecule has 3 atom stereocenters. The molecule has 0 saturated heterocycles. The Labute approximate surface area is 142 Å². The molecule has 6 heteroatoms. The molecule has 0 unspecified atom stereocenters. The average Bonchev–Trinajstić information content (AvgIpc) is 2.86. The van der Waals surface area contributed by atoms with E-state index in [-0.39, 0.29) is 19.0 Å². The minimum Gasteiger partial charge on any atom is -0.460 e. The number of carbonyl (C=O) groups is 2. The van der Waals surface area contributed by atoms with Gasteiger partial charge in [-0.05, 0) is 39.2 Å². The molecule has 1 amide bonds. The lowest BCUT2D eigenvalue weighted by Crippen LogP contribution is -2.40. The number of esters is 1. The van der Waals surface area contributed by atoms with E-state index in [1.54, 1.807) is 20.8 Å². The Morgan fingerprint density at radius 2 is 1.88 bits per heavy atom. The highest BCUT2D eigenvalue weighted by Gasteiger charge is 2.39. The normalized spacial score (nSPS) is 23.6. The number of alkyl carbamates (subject to hydrolysis) is 1. The number of hydrogen-bond acceptors (Lipinski definition) is 5. The van der Waals surface area contributed by atoms with Crippen molar-refractivity contribution in [3.05, 3.63) is 35.9 Å². The quantitative estimate of drug-likeness (QED) is 0.825. The van der Waals surface area contributed by atoms with E-state index in [9.17, 15) is 14.7 Å². The van der Waals surface area contributed by atoms with Gasteiger partial charge in [0.05, 0.1) is 18.1 Å². The van der Waals surface area contributed by atoms with E-state index in [1.807, 2.05) is 30.3 Å². The number of carbonyl (C=O) groups excluding carboxylic acids is 2. The number of amides is 1. The highest BCUT2D eigenvalue weighted by Crippen LogP contribution is 2.28. The van der Waals surface area contributed by atoms with E-state index in [4.69, 9.17) is 9.47 Å². The Morgan fingerprint density at radius 3 is 2.50 bits per heavy atom. The van der Waals surface area contributed by atoms with Gasteiger partial charge in [0.15, 0.2) is 0 Å². The maximum absolute atomic E-state index is 12.1. The second-order valence-electron chi connectivity index (χ2n) is 7.08. The summed E-state index contributed by atoms with van der Waals surface area (Å²) in [6, 6.07) is 8.82. The van der Waals surface area contributed by atoms with Gasteiger partial charge in [0.2, 0.25) is 0 Å². The molecule has 1 aromatic rings. The Bertz CT molecular complexity index is 567. The van der Waals surface area contributed by atoms with Crippen LogP contribution in [0.5, 0.6) is 0 Å². The molecule has 24 heavy (non-hydrogen) atoms. The average molecular weight is 335 g/mol. The van der Waals surface area contributed by atoms with Crippen molar-refractivity contribution in [2.24, 2.45) is 5.92 Å². The molecule has 1 fully saturated rings. The summed E-state index contributed by atoms with van der Waals surface area (Å²) in [5, 5.41) is 12.7. The summed E-state index contributed by atoms with van der Waals surface area (Å²) in [6.45, 7) is 5.55. The van der Waals surface area contributed by atoms with Crippen molar-refractivity contribution >= 4 is 12.1 Å². The predicted molar refractivity (Wildman–Crippen MR) is 88.1 cm³/mol.